The van der Waals surface area contributed by atoms with Crippen LogP contribution in [0.1, 0.15) is 34.3 Å². The van der Waals surface area contributed by atoms with Crippen LogP contribution in [0.5, 0.6) is 0 Å². The molecule has 28 heavy (non-hydrogen) atoms. The van der Waals surface area contributed by atoms with Gasteiger partial charge in [0.1, 0.15) is 17.7 Å². The molecule has 0 N–H and O–H groups in total. The van der Waals surface area contributed by atoms with Crippen LogP contribution in [0.4, 0.5) is 0 Å². The Morgan fingerprint density at radius 2 is 1.79 bits per heavy atom. The van der Waals surface area contributed by atoms with Crippen molar-refractivity contribution in [2.75, 3.05) is 0 Å². The van der Waals surface area contributed by atoms with Gasteiger partial charge in [-0.15, -0.1) is 0 Å². The summed E-state index contributed by atoms with van der Waals surface area (Å²) in [5.41, 5.74) is 3.02. The van der Waals surface area contributed by atoms with Gasteiger partial charge in [-0.3, -0.25) is 14.9 Å². The van der Waals surface area contributed by atoms with Crippen molar-refractivity contribution in [3.8, 4) is 0 Å². The molecule has 2 aliphatic rings. The minimum atomic E-state index is -0.688. The second-order valence-corrected chi connectivity index (χ2v) is 6.88. The van der Waals surface area contributed by atoms with Crippen LogP contribution in [-0.2, 0) is 6.42 Å². The van der Waals surface area contributed by atoms with E-state index in [4.69, 9.17) is 0 Å². The fourth-order valence-electron chi connectivity index (χ4n) is 3.95. The first-order valence-electron chi connectivity index (χ1n) is 9.31. The third kappa shape index (κ3) is 2.95. The molecule has 0 fully saturated rings. The van der Waals surface area contributed by atoms with E-state index in [0.717, 1.165) is 17.5 Å². The number of nitrogens with zero attached hydrogens (tertiary/aromatic N) is 2. The van der Waals surface area contributed by atoms with Crippen molar-refractivity contribution in [1.82, 2.24) is 4.90 Å². The van der Waals surface area contributed by atoms with Crippen LogP contribution < -0.4 is 0 Å². The molecule has 0 radical (unpaired) electrons. The van der Waals surface area contributed by atoms with E-state index in [-0.39, 0.29) is 16.4 Å². The summed E-state index contributed by atoms with van der Waals surface area (Å²) in [6, 6.07) is 16.1. The molecule has 2 heterocycles. The molecule has 5 heteroatoms. The molecule has 2 aromatic rings. The minimum Gasteiger partial charge on any atom is -0.331 e. The second kappa shape index (κ2) is 7.27. The predicted octanol–water partition coefficient (Wildman–Crippen LogP) is 4.47. The number of ketones is 1. The molecule has 140 valence electrons. The van der Waals surface area contributed by atoms with Crippen molar-refractivity contribution in [1.29, 1.82) is 0 Å². The van der Waals surface area contributed by atoms with Crippen molar-refractivity contribution in [2.24, 2.45) is 0 Å². The SMILES string of the molecule is CCc1ccc(C(=O)[C@H]2[C@@H](c3ccccc3)C([N+](=O)[O-])=C3C=CC=CN32)cc1. The molecule has 0 amide bonds. The molecule has 5 nitrogen and oxygen atoms in total. The molecule has 0 bridgehead atoms. The summed E-state index contributed by atoms with van der Waals surface area (Å²) in [5.74, 6) is -0.761. The van der Waals surface area contributed by atoms with Crippen LogP contribution in [0, 0.1) is 10.1 Å². The number of carbonyl (C=O) groups is 1. The van der Waals surface area contributed by atoms with Gasteiger partial charge in [0.15, 0.2) is 5.78 Å². The van der Waals surface area contributed by atoms with Crippen molar-refractivity contribution in [3.63, 3.8) is 0 Å². The Morgan fingerprint density at radius 3 is 2.43 bits per heavy atom. The molecule has 0 unspecified atom stereocenters. The van der Waals surface area contributed by atoms with E-state index < -0.39 is 12.0 Å². The first-order chi connectivity index (χ1) is 13.6. The summed E-state index contributed by atoms with van der Waals surface area (Å²) >= 11 is 0. The highest BCUT2D eigenvalue weighted by atomic mass is 16.6. The van der Waals surface area contributed by atoms with Crippen LogP contribution in [0.3, 0.4) is 0 Å². The zero-order chi connectivity index (χ0) is 19.7. The van der Waals surface area contributed by atoms with Gasteiger partial charge in [0.25, 0.3) is 5.70 Å². The molecule has 0 aliphatic carbocycles. The molecular formula is C23H20N2O3. The zero-order valence-corrected chi connectivity index (χ0v) is 15.5. The van der Waals surface area contributed by atoms with E-state index in [9.17, 15) is 14.9 Å². The van der Waals surface area contributed by atoms with Gasteiger partial charge in [-0.05, 0) is 29.7 Å². The Labute approximate surface area is 163 Å². The van der Waals surface area contributed by atoms with E-state index in [2.05, 4.69) is 6.92 Å². The molecule has 0 saturated carbocycles. The van der Waals surface area contributed by atoms with Gasteiger partial charge >= 0.3 is 0 Å². The molecule has 2 aliphatic heterocycles. The van der Waals surface area contributed by atoms with E-state index in [1.54, 1.807) is 29.3 Å². The van der Waals surface area contributed by atoms with Gasteiger partial charge in [0.2, 0.25) is 0 Å². The minimum absolute atomic E-state index is 0.0651. The highest BCUT2D eigenvalue weighted by Gasteiger charge is 2.50. The first-order valence-corrected chi connectivity index (χ1v) is 9.31. The summed E-state index contributed by atoms with van der Waals surface area (Å²) in [6.07, 6.45) is 7.92. The van der Waals surface area contributed by atoms with Crippen molar-refractivity contribution in [3.05, 3.63) is 117 Å². The maximum Gasteiger partial charge on any atom is 0.279 e. The number of hydrogen-bond acceptors (Lipinski definition) is 4. The summed E-state index contributed by atoms with van der Waals surface area (Å²) < 4.78 is 0. The molecule has 0 spiro atoms. The Morgan fingerprint density at radius 1 is 1.07 bits per heavy atom. The van der Waals surface area contributed by atoms with Gasteiger partial charge in [0.05, 0.1) is 4.92 Å². The maximum atomic E-state index is 13.5. The average Bonchev–Trinajstić information content (AvgIpc) is 3.09. The standard InChI is InChI=1S/C23H20N2O3/c1-2-16-11-13-18(14-12-16)23(26)22-20(17-8-4-3-5-9-17)21(25(27)28)19-10-6-7-15-24(19)22/h3-15,20,22H,2H2,1H3/t20-,22+/m0/s1. The van der Waals surface area contributed by atoms with Crippen LogP contribution in [0.2, 0.25) is 0 Å². The van der Waals surface area contributed by atoms with E-state index in [1.807, 2.05) is 54.6 Å². The summed E-state index contributed by atoms with van der Waals surface area (Å²) in [5, 5.41) is 12.0. The smallest absolute Gasteiger partial charge is 0.279 e. The lowest BCUT2D eigenvalue weighted by molar-refractivity contribution is -0.429. The molecule has 2 atom stereocenters. The van der Waals surface area contributed by atoms with Crippen LogP contribution in [-0.4, -0.2) is 21.6 Å². The highest BCUT2D eigenvalue weighted by Crippen LogP contribution is 2.44. The number of allylic oxidation sites excluding steroid dienone is 3. The normalized spacial score (nSPS) is 20.4. The van der Waals surface area contributed by atoms with Crippen LogP contribution >= 0.6 is 0 Å². The van der Waals surface area contributed by atoms with Gasteiger partial charge in [-0.2, -0.15) is 0 Å². The van der Waals surface area contributed by atoms with Gasteiger partial charge in [0, 0.05) is 11.8 Å². The summed E-state index contributed by atoms with van der Waals surface area (Å²) in [6.45, 7) is 2.06. The van der Waals surface area contributed by atoms with E-state index in [1.165, 1.54) is 0 Å². The summed E-state index contributed by atoms with van der Waals surface area (Å²) in [4.78, 5) is 26.9. The largest absolute Gasteiger partial charge is 0.331 e. The Kier molecular flexibility index (Phi) is 4.65. The molecule has 0 saturated heterocycles. The molecule has 2 aromatic carbocycles. The quantitative estimate of drug-likeness (QED) is 0.441. The number of fused-ring (bicyclic) bond motifs is 1. The van der Waals surface area contributed by atoms with Crippen molar-refractivity contribution in [2.45, 2.75) is 25.3 Å². The maximum absolute atomic E-state index is 13.5. The van der Waals surface area contributed by atoms with Gasteiger partial charge in [-0.25, -0.2) is 0 Å². The molecule has 0 aromatic heterocycles. The number of nitro groups is 1. The third-order valence-corrected chi connectivity index (χ3v) is 5.33. The predicted molar refractivity (Wildman–Crippen MR) is 107 cm³/mol. The molecule has 4 rings (SSSR count). The number of rotatable bonds is 5. The lowest BCUT2D eigenvalue weighted by Crippen LogP contribution is -2.37. The monoisotopic (exact) mass is 372 g/mol. The zero-order valence-electron chi connectivity index (χ0n) is 15.5. The highest BCUT2D eigenvalue weighted by molar-refractivity contribution is 6.02. The number of Topliss-reactive ketones (excluding diaryl/α,β-unsaturated/α-hetero) is 1. The van der Waals surface area contributed by atoms with E-state index >= 15 is 0 Å². The lowest BCUT2D eigenvalue weighted by atomic mass is 9.86. The third-order valence-electron chi connectivity index (χ3n) is 5.33. The number of aryl methyl sites for hydroxylation is 1. The van der Waals surface area contributed by atoms with E-state index in [0.29, 0.717) is 11.3 Å². The van der Waals surface area contributed by atoms with Crippen LogP contribution in [0.15, 0.2) is 90.4 Å². The first kappa shape index (κ1) is 17.9. The van der Waals surface area contributed by atoms with Gasteiger partial charge < -0.3 is 4.90 Å². The Bertz CT molecular complexity index is 1000. The topological polar surface area (TPSA) is 63.4 Å². The van der Waals surface area contributed by atoms with Crippen molar-refractivity contribution >= 4 is 5.78 Å². The fourth-order valence-corrected chi connectivity index (χ4v) is 3.95. The average molecular weight is 372 g/mol. The van der Waals surface area contributed by atoms with Gasteiger partial charge in [-0.1, -0.05) is 67.6 Å². The number of benzene rings is 2. The molecular weight excluding hydrogens is 352 g/mol. The number of hydrogen-bond donors (Lipinski definition) is 0. The van der Waals surface area contributed by atoms with Crippen molar-refractivity contribution < 1.29 is 9.72 Å². The lowest BCUT2D eigenvalue weighted by Gasteiger charge is -2.27. The van der Waals surface area contributed by atoms with Crippen LogP contribution in [0.25, 0.3) is 0 Å². The Hall–Kier alpha value is -3.47. The Balaban J connectivity index is 1.84. The summed E-state index contributed by atoms with van der Waals surface area (Å²) in [7, 11) is 0. The number of carbonyl (C=O) groups excluding carboxylic acids is 1. The second-order valence-electron chi connectivity index (χ2n) is 6.88. The fraction of sp³-hybridized carbons (Fsp3) is 0.174.